The van der Waals surface area contributed by atoms with Gasteiger partial charge in [-0.2, -0.15) is 0 Å². The number of aryl methyl sites for hydroxylation is 1. The quantitative estimate of drug-likeness (QED) is 0.917. The molecule has 1 aromatic carbocycles. The van der Waals surface area contributed by atoms with E-state index in [1.165, 1.54) is 11.8 Å². The third-order valence-corrected chi connectivity index (χ3v) is 3.13. The molecule has 5 heteroatoms. The molecule has 0 fully saturated rings. The molecule has 5 nitrogen and oxygen atoms in total. The van der Waals surface area contributed by atoms with Crippen LogP contribution in [0.1, 0.15) is 18.2 Å². The maximum Gasteiger partial charge on any atom is 0.240 e. The van der Waals surface area contributed by atoms with Gasteiger partial charge in [0.05, 0.1) is 12.8 Å². The number of carbonyl (C=O) groups is 2. The molecule has 0 atom stereocenters. The molecule has 2 rings (SSSR count). The Labute approximate surface area is 123 Å². The number of nitrogens with one attached hydrogen (secondary N) is 1. The molecule has 110 valence electrons. The number of amides is 2. The predicted molar refractivity (Wildman–Crippen MR) is 79.8 cm³/mol. The molecule has 2 amide bonds. The molecule has 0 aliphatic carbocycles. The first-order chi connectivity index (χ1) is 10.1. The van der Waals surface area contributed by atoms with Gasteiger partial charge in [0.2, 0.25) is 11.8 Å². The van der Waals surface area contributed by atoms with Crippen LogP contribution in [-0.4, -0.2) is 18.4 Å². The SMILES string of the molecule is CC(=O)N(CC(=O)NCc1ccco1)c1ccccc1C. The van der Waals surface area contributed by atoms with E-state index >= 15 is 0 Å². The van der Waals surface area contributed by atoms with Gasteiger partial charge in [-0.05, 0) is 30.7 Å². The summed E-state index contributed by atoms with van der Waals surface area (Å²) in [5.41, 5.74) is 1.70. The molecular weight excluding hydrogens is 268 g/mol. The summed E-state index contributed by atoms with van der Waals surface area (Å²) in [5.74, 6) is 0.274. The molecule has 2 aromatic rings. The van der Waals surface area contributed by atoms with Crippen molar-refractivity contribution in [1.29, 1.82) is 0 Å². The van der Waals surface area contributed by atoms with Gasteiger partial charge in [-0.25, -0.2) is 0 Å². The summed E-state index contributed by atoms with van der Waals surface area (Å²) in [6, 6.07) is 11.0. The number of furan rings is 1. The zero-order valence-electron chi connectivity index (χ0n) is 12.1. The Morgan fingerprint density at radius 1 is 1.19 bits per heavy atom. The van der Waals surface area contributed by atoms with Crippen molar-refractivity contribution in [2.75, 3.05) is 11.4 Å². The van der Waals surface area contributed by atoms with Crippen LogP contribution in [0.2, 0.25) is 0 Å². The fraction of sp³-hybridized carbons (Fsp3) is 0.250. The Morgan fingerprint density at radius 2 is 1.95 bits per heavy atom. The number of hydrogen-bond acceptors (Lipinski definition) is 3. The van der Waals surface area contributed by atoms with Crippen LogP contribution in [0.4, 0.5) is 5.69 Å². The highest BCUT2D eigenvalue weighted by molar-refractivity contribution is 5.98. The average molecular weight is 286 g/mol. The van der Waals surface area contributed by atoms with E-state index in [4.69, 9.17) is 4.42 Å². The lowest BCUT2D eigenvalue weighted by atomic mass is 10.2. The molecule has 1 aromatic heterocycles. The molecule has 0 unspecified atom stereocenters. The minimum atomic E-state index is -0.232. The van der Waals surface area contributed by atoms with Crippen LogP contribution in [0.3, 0.4) is 0 Å². The molecule has 0 aliphatic heterocycles. The lowest BCUT2D eigenvalue weighted by Gasteiger charge is -2.22. The van der Waals surface area contributed by atoms with Gasteiger partial charge in [0.25, 0.3) is 0 Å². The zero-order valence-corrected chi connectivity index (χ0v) is 12.1. The van der Waals surface area contributed by atoms with Crippen molar-refractivity contribution >= 4 is 17.5 Å². The van der Waals surface area contributed by atoms with E-state index in [1.54, 1.807) is 18.4 Å². The molecule has 21 heavy (non-hydrogen) atoms. The Kier molecular flexibility index (Phi) is 4.77. The second-order valence-corrected chi connectivity index (χ2v) is 4.75. The van der Waals surface area contributed by atoms with Crippen LogP contribution < -0.4 is 10.2 Å². The van der Waals surface area contributed by atoms with Crippen LogP contribution in [0.5, 0.6) is 0 Å². The molecule has 1 heterocycles. The van der Waals surface area contributed by atoms with Crippen molar-refractivity contribution in [3.63, 3.8) is 0 Å². The van der Waals surface area contributed by atoms with Gasteiger partial charge in [-0.1, -0.05) is 18.2 Å². The first-order valence-electron chi connectivity index (χ1n) is 6.70. The van der Waals surface area contributed by atoms with Crippen LogP contribution in [-0.2, 0) is 16.1 Å². The van der Waals surface area contributed by atoms with E-state index in [0.717, 1.165) is 11.3 Å². The largest absolute Gasteiger partial charge is 0.467 e. The van der Waals surface area contributed by atoms with Crippen molar-refractivity contribution in [1.82, 2.24) is 5.32 Å². The molecule has 0 radical (unpaired) electrons. The molecular formula is C16H18N2O3. The van der Waals surface area contributed by atoms with Crippen molar-refractivity contribution in [2.45, 2.75) is 20.4 Å². The minimum Gasteiger partial charge on any atom is -0.467 e. The highest BCUT2D eigenvalue weighted by Crippen LogP contribution is 2.19. The van der Waals surface area contributed by atoms with Crippen molar-refractivity contribution in [3.05, 3.63) is 54.0 Å². The van der Waals surface area contributed by atoms with Gasteiger partial charge >= 0.3 is 0 Å². The van der Waals surface area contributed by atoms with E-state index in [2.05, 4.69) is 5.32 Å². The highest BCUT2D eigenvalue weighted by atomic mass is 16.3. The Morgan fingerprint density at radius 3 is 2.57 bits per heavy atom. The van der Waals surface area contributed by atoms with E-state index in [-0.39, 0.29) is 18.4 Å². The van der Waals surface area contributed by atoms with E-state index in [9.17, 15) is 9.59 Å². The van der Waals surface area contributed by atoms with E-state index < -0.39 is 0 Å². The van der Waals surface area contributed by atoms with E-state index in [0.29, 0.717) is 12.3 Å². The summed E-state index contributed by atoms with van der Waals surface area (Å²) in [5, 5.41) is 2.73. The summed E-state index contributed by atoms with van der Waals surface area (Å²) in [4.78, 5) is 25.2. The maximum absolute atomic E-state index is 12.0. The molecule has 0 saturated carbocycles. The molecule has 0 saturated heterocycles. The van der Waals surface area contributed by atoms with Gasteiger partial charge in [-0.3, -0.25) is 9.59 Å². The van der Waals surface area contributed by atoms with Crippen LogP contribution >= 0.6 is 0 Å². The molecule has 1 N–H and O–H groups in total. The third kappa shape index (κ3) is 3.95. The lowest BCUT2D eigenvalue weighted by Crippen LogP contribution is -2.39. The molecule has 0 spiro atoms. The van der Waals surface area contributed by atoms with Crippen LogP contribution in [0.25, 0.3) is 0 Å². The van der Waals surface area contributed by atoms with Crippen molar-refractivity contribution < 1.29 is 14.0 Å². The van der Waals surface area contributed by atoms with Crippen LogP contribution in [0.15, 0.2) is 47.1 Å². The fourth-order valence-electron chi connectivity index (χ4n) is 2.03. The molecule has 0 aliphatic rings. The number of hydrogen-bond donors (Lipinski definition) is 1. The first kappa shape index (κ1) is 14.8. The molecule has 0 bridgehead atoms. The maximum atomic E-state index is 12.0. The zero-order chi connectivity index (χ0) is 15.2. The van der Waals surface area contributed by atoms with Gasteiger partial charge in [-0.15, -0.1) is 0 Å². The second kappa shape index (κ2) is 6.74. The summed E-state index contributed by atoms with van der Waals surface area (Å²) < 4.78 is 5.14. The number of para-hydroxylation sites is 1. The number of carbonyl (C=O) groups excluding carboxylic acids is 2. The van der Waals surface area contributed by atoms with Crippen molar-refractivity contribution in [2.24, 2.45) is 0 Å². The Bertz CT molecular complexity index is 620. The summed E-state index contributed by atoms with van der Waals surface area (Å²) in [7, 11) is 0. The Hall–Kier alpha value is -2.56. The van der Waals surface area contributed by atoms with Gasteiger partial charge < -0.3 is 14.6 Å². The summed E-state index contributed by atoms with van der Waals surface area (Å²) in [6.45, 7) is 3.66. The fourth-order valence-corrected chi connectivity index (χ4v) is 2.03. The standard InChI is InChI=1S/C16H18N2O3/c1-12-6-3-4-8-15(12)18(13(2)19)11-16(20)17-10-14-7-5-9-21-14/h3-9H,10-11H2,1-2H3,(H,17,20). The topological polar surface area (TPSA) is 62.6 Å². The second-order valence-electron chi connectivity index (χ2n) is 4.75. The number of anilines is 1. The summed E-state index contributed by atoms with van der Waals surface area (Å²) in [6.07, 6.45) is 1.55. The number of rotatable bonds is 5. The smallest absolute Gasteiger partial charge is 0.240 e. The average Bonchev–Trinajstić information content (AvgIpc) is 2.96. The van der Waals surface area contributed by atoms with Gasteiger partial charge in [0.15, 0.2) is 0 Å². The predicted octanol–water partition coefficient (Wildman–Crippen LogP) is 2.26. The van der Waals surface area contributed by atoms with E-state index in [1.807, 2.05) is 31.2 Å². The Balaban J connectivity index is 2.01. The summed E-state index contributed by atoms with van der Waals surface area (Å²) >= 11 is 0. The van der Waals surface area contributed by atoms with Gasteiger partial charge in [0, 0.05) is 12.6 Å². The normalized spacial score (nSPS) is 10.2. The minimum absolute atomic E-state index is 0.0130. The number of benzene rings is 1. The third-order valence-electron chi connectivity index (χ3n) is 3.13. The van der Waals surface area contributed by atoms with Gasteiger partial charge in [0.1, 0.15) is 12.3 Å². The lowest BCUT2D eigenvalue weighted by molar-refractivity contribution is -0.123. The highest BCUT2D eigenvalue weighted by Gasteiger charge is 2.17. The first-order valence-corrected chi connectivity index (χ1v) is 6.70. The monoisotopic (exact) mass is 286 g/mol. The van der Waals surface area contributed by atoms with Crippen molar-refractivity contribution in [3.8, 4) is 0 Å². The number of nitrogens with zero attached hydrogens (tertiary/aromatic N) is 1. The van der Waals surface area contributed by atoms with Crippen LogP contribution in [0, 0.1) is 6.92 Å².